The number of nitrogens with zero attached hydrogens (tertiary/aromatic N) is 2. The third kappa shape index (κ3) is 3.48. The normalized spacial score (nSPS) is 11.1. The van der Waals surface area contributed by atoms with Crippen molar-refractivity contribution in [3.05, 3.63) is 46.6 Å². The van der Waals surface area contributed by atoms with Crippen LogP contribution in [0.25, 0.3) is 10.9 Å². The molecule has 3 aromatic rings. The first-order valence-electron chi connectivity index (χ1n) is 8.32. The van der Waals surface area contributed by atoms with Crippen LogP contribution in [0.5, 0.6) is 0 Å². The third-order valence-corrected chi connectivity index (χ3v) is 5.40. The quantitative estimate of drug-likeness (QED) is 0.694. The van der Waals surface area contributed by atoms with Gasteiger partial charge in [0.1, 0.15) is 0 Å². The Morgan fingerprint density at radius 1 is 1.31 bits per heavy atom. The first kappa shape index (κ1) is 18.1. The molecule has 0 aliphatic heterocycles. The van der Waals surface area contributed by atoms with Gasteiger partial charge in [-0.25, -0.2) is 9.78 Å². The molecule has 0 radical (unpaired) electrons. The molecule has 0 aliphatic carbocycles. The molecule has 0 atom stereocenters. The maximum absolute atomic E-state index is 12.5. The van der Waals surface area contributed by atoms with Crippen molar-refractivity contribution in [1.82, 2.24) is 9.55 Å². The highest BCUT2D eigenvalue weighted by atomic mass is 32.1. The number of carbonyl (C=O) groups is 2. The standard InChI is InChI=1S/C19H21N3O3S/c1-11(2)17-16(18(24)25-4)21-19(26-17)20-15(23)9-12-10-22(3)14-8-6-5-7-13(12)14/h5-8,10-11H,9H2,1-4H3,(H,20,21,23). The van der Waals surface area contributed by atoms with Gasteiger partial charge in [-0.1, -0.05) is 32.0 Å². The van der Waals surface area contributed by atoms with Crippen LogP contribution in [0, 0.1) is 0 Å². The number of ether oxygens (including phenoxy) is 1. The Bertz CT molecular complexity index is 972. The van der Waals surface area contributed by atoms with E-state index in [1.807, 2.05) is 55.9 Å². The van der Waals surface area contributed by atoms with Crippen molar-refractivity contribution in [3.63, 3.8) is 0 Å². The smallest absolute Gasteiger partial charge is 0.357 e. The topological polar surface area (TPSA) is 73.2 Å². The molecule has 7 heteroatoms. The average molecular weight is 371 g/mol. The molecular weight excluding hydrogens is 350 g/mol. The van der Waals surface area contributed by atoms with Crippen molar-refractivity contribution in [2.24, 2.45) is 7.05 Å². The van der Waals surface area contributed by atoms with Crippen LogP contribution in [-0.4, -0.2) is 28.5 Å². The first-order valence-corrected chi connectivity index (χ1v) is 9.14. The van der Waals surface area contributed by atoms with E-state index in [1.54, 1.807) is 0 Å². The summed E-state index contributed by atoms with van der Waals surface area (Å²) in [4.78, 5) is 29.4. The number of nitrogens with one attached hydrogen (secondary N) is 1. The summed E-state index contributed by atoms with van der Waals surface area (Å²) < 4.78 is 6.79. The molecule has 1 aromatic carbocycles. The number of aromatic nitrogens is 2. The van der Waals surface area contributed by atoms with Gasteiger partial charge in [-0.05, 0) is 17.5 Å². The predicted molar refractivity (Wildman–Crippen MR) is 103 cm³/mol. The predicted octanol–water partition coefficient (Wildman–Crippen LogP) is 3.73. The number of benzene rings is 1. The van der Waals surface area contributed by atoms with Gasteiger partial charge >= 0.3 is 5.97 Å². The summed E-state index contributed by atoms with van der Waals surface area (Å²) in [6.07, 6.45) is 2.21. The van der Waals surface area contributed by atoms with Crippen LogP contribution in [0.15, 0.2) is 30.5 Å². The van der Waals surface area contributed by atoms with Crippen LogP contribution in [-0.2, 0) is 23.0 Å². The minimum absolute atomic E-state index is 0.116. The number of amides is 1. The summed E-state index contributed by atoms with van der Waals surface area (Å²) in [5, 5.41) is 4.28. The molecule has 1 N–H and O–H groups in total. The molecule has 0 saturated carbocycles. The summed E-state index contributed by atoms with van der Waals surface area (Å²) >= 11 is 1.31. The van der Waals surface area contributed by atoms with E-state index in [1.165, 1.54) is 18.4 Å². The molecule has 1 amide bonds. The molecule has 2 aromatic heterocycles. The number of thiazole rings is 1. The average Bonchev–Trinajstić information content (AvgIpc) is 3.17. The maximum atomic E-state index is 12.5. The Labute approximate surface area is 155 Å². The monoisotopic (exact) mass is 371 g/mol. The Morgan fingerprint density at radius 2 is 2.04 bits per heavy atom. The lowest BCUT2D eigenvalue weighted by atomic mass is 10.1. The van der Waals surface area contributed by atoms with Gasteiger partial charge in [0.15, 0.2) is 10.8 Å². The molecule has 3 rings (SSSR count). The number of rotatable bonds is 5. The van der Waals surface area contributed by atoms with Gasteiger partial charge in [-0.15, -0.1) is 11.3 Å². The van der Waals surface area contributed by atoms with E-state index in [0.717, 1.165) is 21.3 Å². The van der Waals surface area contributed by atoms with E-state index in [2.05, 4.69) is 10.3 Å². The molecule has 0 fully saturated rings. The maximum Gasteiger partial charge on any atom is 0.357 e. The van der Waals surface area contributed by atoms with Crippen LogP contribution in [0.2, 0.25) is 0 Å². The highest BCUT2D eigenvalue weighted by Crippen LogP contribution is 2.30. The van der Waals surface area contributed by atoms with Crippen molar-refractivity contribution in [2.75, 3.05) is 12.4 Å². The molecule has 136 valence electrons. The second-order valence-electron chi connectivity index (χ2n) is 6.39. The fraction of sp³-hybridized carbons (Fsp3) is 0.316. The van der Waals surface area contributed by atoms with Crippen molar-refractivity contribution < 1.29 is 14.3 Å². The summed E-state index contributed by atoms with van der Waals surface area (Å²) in [5.41, 5.74) is 2.31. The molecule has 0 aliphatic rings. The van der Waals surface area contributed by atoms with Crippen molar-refractivity contribution >= 4 is 39.2 Å². The Kier molecular flexibility index (Phi) is 5.08. The zero-order valence-electron chi connectivity index (χ0n) is 15.2. The number of hydrogen-bond acceptors (Lipinski definition) is 5. The third-order valence-electron chi connectivity index (χ3n) is 4.13. The zero-order valence-corrected chi connectivity index (χ0v) is 16.0. The first-order chi connectivity index (χ1) is 12.4. The van der Waals surface area contributed by atoms with Crippen LogP contribution in [0.1, 0.15) is 40.7 Å². The van der Waals surface area contributed by atoms with Crippen molar-refractivity contribution in [3.8, 4) is 0 Å². The van der Waals surface area contributed by atoms with Gasteiger partial charge in [0.05, 0.1) is 13.5 Å². The van der Waals surface area contributed by atoms with Crippen LogP contribution in [0.4, 0.5) is 5.13 Å². The highest BCUT2D eigenvalue weighted by Gasteiger charge is 2.22. The summed E-state index contributed by atoms with van der Waals surface area (Å²) in [7, 11) is 3.28. The van der Waals surface area contributed by atoms with E-state index in [9.17, 15) is 9.59 Å². The molecule has 26 heavy (non-hydrogen) atoms. The van der Waals surface area contributed by atoms with Crippen molar-refractivity contribution in [2.45, 2.75) is 26.2 Å². The van der Waals surface area contributed by atoms with Gasteiger partial charge in [-0.3, -0.25) is 4.79 Å². The Balaban J connectivity index is 1.81. The van der Waals surface area contributed by atoms with Gasteiger partial charge in [-0.2, -0.15) is 0 Å². The van der Waals surface area contributed by atoms with E-state index in [0.29, 0.717) is 5.13 Å². The largest absolute Gasteiger partial charge is 0.464 e. The fourth-order valence-electron chi connectivity index (χ4n) is 2.92. The van der Waals surface area contributed by atoms with E-state index in [4.69, 9.17) is 4.74 Å². The van der Waals surface area contributed by atoms with Crippen LogP contribution in [0.3, 0.4) is 0 Å². The van der Waals surface area contributed by atoms with E-state index >= 15 is 0 Å². The molecular formula is C19H21N3O3S. The number of methoxy groups -OCH3 is 1. The SMILES string of the molecule is COC(=O)c1nc(NC(=O)Cc2cn(C)c3ccccc23)sc1C(C)C. The number of carbonyl (C=O) groups excluding carboxylic acids is 2. The molecule has 2 heterocycles. The van der Waals surface area contributed by atoms with Crippen LogP contribution >= 0.6 is 11.3 Å². The lowest BCUT2D eigenvalue weighted by Gasteiger charge is -2.02. The Morgan fingerprint density at radius 3 is 2.73 bits per heavy atom. The Hall–Kier alpha value is -2.67. The number of fused-ring (bicyclic) bond motifs is 1. The van der Waals surface area contributed by atoms with Crippen molar-refractivity contribution in [1.29, 1.82) is 0 Å². The summed E-state index contributed by atoms with van der Waals surface area (Å²) in [6.45, 7) is 3.95. The number of anilines is 1. The minimum atomic E-state index is -0.487. The van der Waals surface area contributed by atoms with Gasteiger partial charge in [0.2, 0.25) is 5.91 Å². The van der Waals surface area contributed by atoms with Gasteiger partial charge in [0, 0.05) is 29.0 Å². The minimum Gasteiger partial charge on any atom is -0.464 e. The second kappa shape index (κ2) is 7.29. The second-order valence-corrected chi connectivity index (χ2v) is 7.42. The number of para-hydroxylation sites is 1. The number of esters is 1. The summed E-state index contributed by atoms with van der Waals surface area (Å²) in [6, 6.07) is 7.97. The molecule has 6 nitrogen and oxygen atoms in total. The summed E-state index contributed by atoms with van der Waals surface area (Å²) in [5.74, 6) is -0.536. The molecule has 0 saturated heterocycles. The zero-order chi connectivity index (χ0) is 18.8. The molecule has 0 bridgehead atoms. The van der Waals surface area contributed by atoms with Gasteiger partial charge in [0.25, 0.3) is 0 Å². The van der Waals surface area contributed by atoms with E-state index in [-0.39, 0.29) is 23.9 Å². The lowest BCUT2D eigenvalue weighted by Crippen LogP contribution is -2.14. The fourth-order valence-corrected chi connectivity index (χ4v) is 3.89. The van der Waals surface area contributed by atoms with Crippen LogP contribution < -0.4 is 5.32 Å². The molecule has 0 unspecified atom stereocenters. The highest BCUT2D eigenvalue weighted by molar-refractivity contribution is 7.16. The molecule has 0 spiro atoms. The number of aryl methyl sites for hydroxylation is 1. The van der Waals surface area contributed by atoms with Gasteiger partial charge < -0.3 is 14.6 Å². The number of hydrogen-bond donors (Lipinski definition) is 1. The lowest BCUT2D eigenvalue weighted by molar-refractivity contribution is -0.115. The van der Waals surface area contributed by atoms with E-state index < -0.39 is 5.97 Å².